The highest BCUT2D eigenvalue weighted by Gasteiger charge is 2.58. The predicted molar refractivity (Wildman–Crippen MR) is 129 cm³/mol. The summed E-state index contributed by atoms with van der Waals surface area (Å²) in [6, 6.07) is 4.03. The fourth-order valence-electron chi connectivity index (χ4n) is 5.44. The van der Waals surface area contributed by atoms with E-state index in [4.69, 9.17) is 25.8 Å². The third-order valence-electron chi connectivity index (χ3n) is 7.68. The fraction of sp³-hybridized carbons (Fsp3) is 0.680. The Morgan fingerprint density at radius 2 is 1.82 bits per heavy atom. The Labute approximate surface area is 206 Å². The van der Waals surface area contributed by atoms with Crippen molar-refractivity contribution in [3.63, 3.8) is 0 Å². The van der Waals surface area contributed by atoms with Crippen molar-refractivity contribution in [2.45, 2.75) is 51.6 Å². The molecule has 0 aromatic heterocycles. The van der Waals surface area contributed by atoms with Crippen molar-refractivity contribution in [3.05, 3.63) is 22.7 Å². The number of ether oxygens (including phenoxy) is 3. The maximum absolute atomic E-state index is 12.9. The molecule has 0 unspecified atom stereocenters. The molecule has 0 radical (unpaired) electrons. The number of nitrogens with one attached hydrogen (secondary N) is 1. The van der Waals surface area contributed by atoms with Gasteiger partial charge >= 0.3 is 6.09 Å². The van der Waals surface area contributed by atoms with Crippen molar-refractivity contribution >= 4 is 23.6 Å². The zero-order chi connectivity index (χ0) is 24.3. The first kappa shape index (κ1) is 24.9. The van der Waals surface area contributed by atoms with Gasteiger partial charge in [0.15, 0.2) is 11.5 Å². The van der Waals surface area contributed by atoms with Crippen LogP contribution in [0.25, 0.3) is 0 Å². The number of hydrogen-bond donors (Lipinski definition) is 1. The van der Waals surface area contributed by atoms with Crippen LogP contribution in [-0.2, 0) is 16.1 Å². The van der Waals surface area contributed by atoms with Crippen LogP contribution in [0.15, 0.2) is 12.1 Å². The zero-order valence-electron chi connectivity index (χ0n) is 20.4. The number of hydrogen-bond acceptors (Lipinski definition) is 6. The molecule has 1 atom stereocenters. The first-order valence-corrected chi connectivity index (χ1v) is 12.6. The SMILES string of the molecule is CCOC(=O)N1CCC(NC(=O)[C@H]2CC23CCN(Cc2ccc(OC)c(OC)c2Cl)CC3)CC1. The summed E-state index contributed by atoms with van der Waals surface area (Å²) in [6.45, 7) is 6.12. The molecule has 0 bridgehead atoms. The molecule has 9 heteroatoms. The summed E-state index contributed by atoms with van der Waals surface area (Å²) in [5.41, 5.74) is 1.17. The average Bonchev–Trinajstić information content (AvgIpc) is 3.55. The van der Waals surface area contributed by atoms with Crippen LogP contribution in [0.1, 0.15) is 44.6 Å². The third kappa shape index (κ3) is 5.23. The Morgan fingerprint density at radius 1 is 1.12 bits per heavy atom. The van der Waals surface area contributed by atoms with Crippen molar-refractivity contribution in [1.82, 2.24) is 15.1 Å². The third-order valence-corrected chi connectivity index (χ3v) is 8.10. The van der Waals surface area contributed by atoms with Crippen LogP contribution < -0.4 is 14.8 Å². The molecule has 1 spiro atoms. The molecule has 2 amide bonds. The standard InChI is InChI=1S/C25H36ClN3O5/c1-4-34-24(31)29-11-7-18(8-12-29)27-23(30)19-15-25(19)9-13-28(14-10-25)16-17-5-6-20(32-2)22(33-3)21(17)26/h5-6,18-19H,4,7-16H2,1-3H3,(H,27,30)/t19-/m1/s1. The van der Waals surface area contributed by atoms with Gasteiger partial charge < -0.3 is 24.4 Å². The molecular formula is C25H36ClN3O5. The number of benzene rings is 1. The van der Waals surface area contributed by atoms with Crippen LogP contribution in [0.4, 0.5) is 4.79 Å². The molecule has 8 nitrogen and oxygen atoms in total. The fourth-order valence-corrected chi connectivity index (χ4v) is 5.74. The van der Waals surface area contributed by atoms with Crippen molar-refractivity contribution in [3.8, 4) is 11.5 Å². The number of rotatable bonds is 7. The molecule has 3 fully saturated rings. The zero-order valence-corrected chi connectivity index (χ0v) is 21.2. The number of piperidine rings is 2. The molecule has 34 heavy (non-hydrogen) atoms. The normalized spacial score (nSPS) is 22.4. The van der Waals surface area contributed by atoms with E-state index in [1.165, 1.54) is 0 Å². The van der Waals surface area contributed by atoms with Crippen LogP contribution in [0.3, 0.4) is 0 Å². The molecule has 4 rings (SSSR count). The van der Waals surface area contributed by atoms with Gasteiger partial charge in [0, 0.05) is 31.6 Å². The van der Waals surface area contributed by atoms with Crippen molar-refractivity contribution in [2.24, 2.45) is 11.3 Å². The molecule has 3 aliphatic rings. The lowest BCUT2D eigenvalue weighted by atomic mass is 9.90. The Bertz CT molecular complexity index is 895. The Kier molecular flexibility index (Phi) is 7.77. The van der Waals surface area contributed by atoms with Gasteiger partial charge in [-0.3, -0.25) is 9.69 Å². The average molecular weight is 494 g/mol. The van der Waals surface area contributed by atoms with E-state index < -0.39 is 0 Å². The second kappa shape index (κ2) is 10.6. The van der Waals surface area contributed by atoms with E-state index in [9.17, 15) is 9.59 Å². The van der Waals surface area contributed by atoms with Crippen LogP contribution in [0.2, 0.25) is 5.02 Å². The Balaban J connectivity index is 1.23. The summed E-state index contributed by atoms with van der Waals surface area (Å²) in [5.74, 6) is 1.50. The monoisotopic (exact) mass is 493 g/mol. The van der Waals surface area contributed by atoms with Gasteiger partial charge in [0.2, 0.25) is 5.91 Å². The van der Waals surface area contributed by atoms with Gasteiger partial charge in [-0.05, 0) is 69.2 Å². The highest BCUT2D eigenvalue weighted by Crippen LogP contribution is 2.59. The van der Waals surface area contributed by atoms with Gasteiger partial charge in [0.05, 0.1) is 25.8 Å². The second-order valence-corrected chi connectivity index (χ2v) is 10.0. The number of carbonyl (C=O) groups is 2. The summed E-state index contributed by atoms with van der Waals surface area (Å²) in [7, 11) is 3.20. The van der Waals surface area contributed by atoms with E-state index in [0.29, 0.717) is 36.2 Å². The highest BCUT2D eigenvalue weighted by molar-refractivity contribution is 6.33. The molecular weight excluding hydrogens is 458 g/mol. The summed E-state index contributed by atoms with van der Waals surface area (Å²) in [5, 5.41) is 3.85. The van der Waals surface area contributed by atoms with E-state index in [1.54, 1.807) is 19.1 Å². The maximum atomic E-state index is 12.9. The van der Waals surface area contributed by atoms with Gasteiger partial charge in [-0.25, -0.2) is 4.79 Å². The quantitative estimate of drug-likeness (QED) is 0.624. The molecule has 2 aliphatic heterocycles. The first-order chi connectivity index (χ1) is 16.4. The summed E-state index contributed by atoms with van der Waals surface area (Å²) >= 11 is 6.57. The van der Waals surface area contributed by atoms with Crippen LogP contribution in [-0.4, -0.2) is 74.8 Å². The van der Waals surface area contributed by atoms with E-state index in [2.05, 4.69) is 10.2 Å². The smallest absolute Gasteiger partial charge is 0.409 e. The summed E-state index contributed by atoms with van der Waals surface area (Å²) < 4.78 is 15.8. The van der Waals surface area contributed by atoms with Crippen LogP contribution in [0, 0.1) is 11.3 Å². The van der Waals surface area contributed by atoms with E-state index in [1.807, 2.05) is 19.1 Å². The highest BCUT2D eigenvalue weighted by atomic mass is 35.5. The lowest BCUT2D eigenvalue weighted by Gasteiger charge is -2.34. The largest absolute Gasteiger partial charge is 0.493 e. The van der Waals surface area contributed by atoms with Gasteiger partial charge in [0.1, 0.15) is 0 Å². The van der Waals surface area contributed by atoms with Gasteiger partial charge in [0.25, 0.3) is 0 Å². The molecule has 1 saturated carbocycles. The van der Waals surface area contributed by atoms with Crippen molar-refractivity contribution < 1.29 is 23.8 Å². The minimum absolute atomic E-state index is 0.113. The number of methoxy groups -OCH3 is 2. The van der Waals surface area contributed by atoms with Crippen molar-refractivity contribution in [1.29, 1.82) is 0 Å². The second-order valence-electron chi connectivity index (χ2n) is 9.64. The molecule has 1 aromatic rings. The lowest BCUT2D eigenvalue weighted by Crippen LogP contribution is -2.47. The number of halogens is 1. The Morgan fingerprint density at radius 3 is 2.44 bits per heavy atom. The molecule has 1 N–H and O–H groups in total. The van der Waals surface area contributed by atoms with Gasteiger partial charge in [-0.1, -0.05) is 17.7 Å². The van der Waals surface area contributed by atoms with E-state index in [-0.39, 0.29) is 29.4 Å². The summed E-state index contributed by atoms with van der Waals surface area (Å²) in [6.07, 6.45) is 4.34. The van der Waals surface area contributed by atoms with Crippen molar-refractivity contribution in [2.75, 3.05) is 47.0 Å². The van der Waals surface area contributed by atoms with Crippen LogP contribution in [0.5, 0.6) is 11.5 Å². The van der Waals surface area contributed by atoms with Gasteiger partial charge in [-0.2, -0.15) is 0 Å². The minimum Gasteiger partial charge on any atom is -0.493 e. The first-order valence-electron chi connectivity index (χ1n) is 12.2. The topological polar surface area (TPSA) is 80.3 Å². The molecule has 2 heterocycles. The molecule has 188 valence electrons. The minimum atomic E-state index is -0.255. The lowest BCUT2D eigenvalue weighted by molar-refractivity contribution is -0.124. The molecule has 1 aromatic carbocycles. The summed E-state index contributed by atoms with van der Waals surface area (Å²) in [4.78, 5) is 28.9. The molecule has 2 saturated heterocycles. The molecule has 1 aliphatic carbocycles. The predicted octanol–water partition coefficient (Wildman–Crippen LogP) is 3.70. The Hall–Kier alpha value is -2.19. The maximum Gasteiger partial charge on any atom is 0.409 e. The van der Waals surface area contributed by atoms with Crippen LogP contribution >= 0.6 is 11.6 Å². The number of nitrogens with zero attached hydrogens (tertiary/aromatic N) is 2. The number of amides is 2. The number of likely N-dealkylation sites (tertiary alicyclic amines) is 2. The number of carbonyl (C=O) groups excluding carboxylic acids is 2. The van der Waals surface area contributed by atoms with E-state index >= 15 is 0 Å². The van der Waals surface area contributed by atoms with Gasteiger partial charge in [-0.15, -0.1) is 0 Å². The van der Waals surface area contributed by atoms with E-state index in [0.717, 1.165) is 57.3 Å².